The molecule has 0 spiro atoms. The molecule has 2 aromatic rings. The Morgan fingerprint density at radius 1 is 1.10 bits per heavy atom. The van der Waals surface area contributed by atoms with Crippen molar-refractivity contribution in [3.05, 3.63) is 82.7 Å². The molecule has 1 amide bonds. The number of carbonyl (C=O) groups excluding carboxylic acids is 1. The molecule has 7 nitrogen and oxygen atoms in total. The molecule has 0 aromatic heterocycles. The van der Waals surface area contributed by atoms with E-state index in [9.17, 15) is 13.6 Å². The van der Waals surface area contributed by atoms with E-state index in [2.05, 4.69) is 37.0 Å². The van der Waals surface area contributed by atoms with Crippen LogP contribution in [0.15, 0.2) is 70.4 Å². The lowest BCUT2D eigenvalue weighted by atomic mass is 10.0. The highest BCUT2D eigenvalue weighted by atomic mass is 31.0. The Morgan fingerprint density at radius 3 is 2.57 bits per heavy atom. The predicted octanol–water partition coefficient (Wildman–Crippen LogP) is 5.94. The van der Waals surface area contributed by atoms with Crippen LogP contribution >= 0.6 is 9.24 Å². The second kappa shape index (κ2) is 14.3. The van der Waals surface area contributed by atoms with Crippen LogP contribution in [0, 0.1) is 0 Å². The van der Waals surface area contributed by atoms with Gasteiger partial charge >= 0.3 is 0 Å². The van der Waals surface area contributed by atoms with E-state index in [1.54, 1.807) is 27.7 Å². The highest BCUT2D eigenvalue weighted by Crippen LogP contribution is 2.36. The standard InChI is InChI=1S/C32H41F2N6OP/c1-5-9-35-20-24(3)36-19-23(2)21-40-10-8-26-6-7-29(18-30(26)40)37-31(41)27-15-25(16-28(17-27)32(33,34)42)22-39-13-11-38(4)12-14-39/h5-7,9,15-20H,8,10-14,21-22,42H2,1-4H3,(H,37,41)/b9-5-,23-19+,35-20?,36-24?. The zero-order valence-electron chi connectivity index (χ0n) is 24.9. The maximum atomic E-state index is 14.4. The van der Waals surface area contributed by atoms with Gasteiger partial charge in [0.05, 0.1) is 5.71 Å². The Bertz CT molecular complexity index is 1390. The van der Waals surface area contributed by atoms with Gasteiger partial charge in [0, 0.05) is 86.9 Å². The number of amides is 1. The van der Waals surface area contributed by atoms with Crippen molar-refractivity contribution in [3.8, 4) is 0 Å². The van der Waals surface area contributed by atoms with Gasteiger partial charge in [-0.1, -0.05) is 21.4 Å². The van der Waals surface area contributed by atoms with Crippen LogP contribution in [0.25, 0.3) is 0 Å². The van der Waals surface area contributed by atoms with Gasteiger partial charge in [-0.2, -0.15) is 8.78 Å². The number of allylic oxidation sites excluding steroid dienone is 1. The van der Waals surface area contributed by atoms with Crippen molar-refractivity contribution in [1.82, 2.24) is 9.80 Å². The molecule has 1 saturated heterocycles. The van der Waals surface area contributed by atoms with E-state index in [4.69, 9.17) is 0 Å². The molecule has 1 atom stereocenters. The normalized spacial score (nSPS) is 17.5. The van der Waals surface area contributed by atoms with E-state index in [-0.39, 0.29) is 11.1 Å². The van der Waals surface area contributed by atoms with E-state index in [0.717, 1.165) is 56.1 Å². The molecular weight excluding hydrogens is 553 g/mol. The number of hydrogen-bond acceptors (Lipinski definition) is 6. The molecule has 4 rings (SSSR count). The summed E-state index contributed by atoms with van der Waals surface area (Å²) >= 11 is 0. The number of likely N-dealkylation sites (N-methyl/N-ethyl adjacent to an activating group) is 1. The zero-order valence-corrected chi connectivity index (χ0v) is 26.1. The molecule has 0 saturated carbocycles. The summed E-state index contributed by atoms with van der Waals surface area (Å²) in [5, 5.41) is 2.95. The van der Waals surface area contributed by atoms with E-state index in [0.29, 0.717) is 24.3 Å². The van der Waals surface area contributed by atoms with E-state index in [1.807, 2.05) is 51.2 Å². The number of carbonyl (C=O) groups is 1. The average molecular weight is 595 g/mol. The van der Waals surface area contributed by atoms with Crippen molar-refractivity contribution >= 4 is 38.4 Å². The summed E-state index contributed by atoms with van der Waals surface area (Å²) in [4.78, 5) is 28.7. The number of piperazine rings is 1. The lowest BCUT2D eigenvalue weighted by molar-refractivity contribution is 0.101. The van der Waals surface area contributed by atoms with Gasteiger partial charge in [0.15, 0.2) is 0 Å². The minimum absolute atomic E-state index is 0.183. The summed E-state index contributed by atoms with van der Waals surface area (Å²) in [5.41, 5.74) is 2.42. The van der Waals surface area contributed by atoms with Crippen LogP contribution in [-0.2, 0) is 18.6 Å². The number of hydrogen-bond donors (Lipinski definition) is 1. The number of anilines is 2. The van der Waals surface area contributed by atoms with Gasteiger partial charge in [-0.25, -0.2) is 0 Å². The first-order valence-electron chi connectivity index (χ1n) is 14.3. The minimum Gasteiger partial charge on any atom is -0.367 e. The van der Waals surface area contributed by atoms with E-state index in [1.165, 1.54) is 17.7 Å². The van der Waals surface area contributed by atoms with Crippen LogP contribution < -0.4 is 10.2 Å². The molecule has 1 fully saturated rings. The minimum atomic E-state index is -3.13. The molecule has 2 aliphatic rings. The Morgan fingerprint density at radius 2 is 1.86 bits per heavy atom. The lowest BCUT2D eigenvalue weighted by Crippen LogP contribution is -2.43. The Balaban J connectivity index is 1.48. The molecule has 224 valence electrons. The van der Waals surface area contributed by atoms with Gasteiger partial charge in [0.25, 0.3) is 11.6 Å². The molecular formula is C32H41F2N6OP. The fourth-order valence-electron chi connectivity index (χ4n) is 5.09. The lowest BCUT2D eigenvalue weighted by Gasteiger charge is -2.32. The van der Waals surface area contributed by atoms with Crippen LogP contribution in [0.5, 0.6) is 0 Å². The van der Waals surface area contributed by atoms with Gasteiger partial charge in [0.1, 0.15) is 0 Å². The second-order valence-electron chi connectivity index (χ2n) is 11.1. The van der Waals surface area contributed by atoms with Gasteiger partial charge in [0.2, 0.25) is 0 Å². The van der Waals surface area contributed by atoms with Crippen LogP contribution in [0.3, 0.4) is 0 Å². The second-order valence-corrected chi connectivity index (χ2v) is 11.8. The maximum Gasteiger partial charge on any atom is 0.283 e. The van der Waals surface area contributed by atoms with Crippen LogP contribution in [0.1, 0.15) is 47.8 Å². The fourth-order valence-corrected chi connectivity index (χ4v) is 5.25. The van der Waals surface area contributed by atoms with Gasteiger partial charge < -0.3 is 15.1 Å². The monoisotopic (exact) mass is 594 g/mol. The summed E-state index contributed by atoms with van der Waals surface area (Å²) in [7, 11) is 3.66. The predicted molar refractivity (Wildman–Crippen MR) is 173 cm³/mol. The first-order chi connectivity index (χ1) is 20.0. The van der Waals surface area contributed by atoms with Gasteiger partial charge in [-0.15, -0.1) is 0 Å². The molecule has 1 unspecified atom stereocenters. The molecule has 0 radical (unpaired) electrons. The number of halogens is 2. The molecule has 2 heterocycles. The number of fused-ring (bicyclic) bond motifs is 1. The first kappa shape index (κ1) is 31.7. The maximum absolute atomic E-state index is 14.4. The number of alkyl halides is 2. The van der Waals surface area contributed by atoms with Crippen molar-refractivity contribution < 1.29 is 13.6 Å². The molecule has 2 aromatic carbocycles. The zero-order chi connectivity index (χ0) is 30.3. The van der Waals surface area contributed by atoms with E-state index >= 15 is 0 Å². The van der Waals surface area contributed by atoms with Crippen LogP contribution in [-0.4, -0.2) is 73.9 Å². The topological polar surface area (TPSA) is 63.5 Å². The third-order valence-corrected chi connectivity index (χ3v) is 7.74. The Labute approximate surface area is 250 Å². The van der Waals surface area contributed by atoms with Gasteiger partial charge in [-0.05, 0) is 81.3 Å². The summed E-state index contributed by atoms with van der Waals surface area (Å²) in [6.45, 7) is 11.5. The number of aliphatic imine (C=N–C) groups is 2. The van der Waals surface area contributed by atoms with Crippen LogP contribution in [0.4, 0.5) is 20.2 Å². The molecule has 0 aliphatic carbocycles. The highest BCUT2D eigenvalue weighted by Gasteiger charge is 2.27. The van der Waals surface area contributed by atoms with Crippen molar-refractivity contribution in [2.45, 2.75) is 39.4 Å². The number of benzene rings is 2. The third-order valence-electron chi connectivity index (χ3n) is 7.40. The molecule has 2 aliphatic heterocycles. The molecule has 42 heavy (non-hydrogen) atoms. The first-order valence-corrected chi connectivity index (χ1v) is 14.8. The summed E-state index contributed by atoms with van der Waals surface area (Å²) in [6.07, 6.45) is 8.06. The van der Waals surface area contributed by atoms with Crippen molar-refractivity contribution in [2.75, 3.05) is 56.5 Å². The average Bonchev–Trinajstić information content (AvgIpc) is 3.34. The smallest absolute Gasteiger partial charge is 0.283 e. The third kappa shape index (κ3) is 8.87. The van der Waals surface area contributed by atoms with Crippen LogP contribution in [0.2, 0.25) is 0 Å². The van der Waals surface area contributed by atoms with Crippen molar-refractivity contribution in [2.24, 2.45) is 9.98 Å². The number of nitrogens with zero attached hydrogens (tertiary/aromatic N) is 5. The summed E-state index contributed by atoms with van der Waals surface area (Å²) in [5.74, 6) is -0.407. The molecule has 1 N–H and O–H groups in total. The quantitative estimate of drug-likeness (QED) is 0.273. The highest BCUT2D eigenvalue weighted by molar-refractivity contribution is 7.17. The summed E-state index contributed by atoms with van der Waals surface area (Å²) < 4.78 is 28.8. The van der Waals surface area contributed by atoms with Crippen molar-refractivity contribution in [3.63, 3.8) is 0 Å². The van der Waals surface area contributed by atoms with E-state index < -0.39 is 11.6 Å². The Hall–Kier alpha value is -3.26. The molecule has 10 heteroatoms. The molecule has 0 bridgehead atoms. The summed E-state index contributed by atoms with van der Waals surface area (Å²) in [6, 6.07) is 10.4. The number of nitrogens with one attached hydrogen (secondary N) is 1. The SMILES string of the molecule is C/C=C\N=CC(C)=N/C=C(\C)CN1CCc2ccc(NC(=O)c3cc(CN4CCN(C)CC4)cc(C(F)(F)P)c3)cc21. The Kier molecular flexibility index (Phi) is 10.8. The fraction of sp³-hybridized carbons (Fsp3) is 0.406. The van der Waals surface area contributed by atoms with Gasteiger partial charge in [-0.3, -0.25) is 19.7 Å². The van der Waals surface area contributed by atoms with Crippen molar-refractivity contribution in [1.29, 1.82) is 0 Å². The largest absolute Gasteiger partial charge is 0.367 e. The number of rotatable bonds is 10.